The SMILES string of the molecule is COc1ccc(Cn2cc3c(n2)c(Cl)nc2ccc(OC)cc23)cc1.COc1ccc2nc(Nc3ccc4c(c3)NC(=O)CN4)c3[nH]ncc3c2c1. The van der Waals surface area contributed by atoms with Crippen LogP contribution < -0.4 is 30.2 Å². The molecule has 0 unspecified atom stereocenters. The van der Waals surface area contributed by atoms with Crippen LogP contribution in [0, 0.1) is 0 Å². The Morgan fingerprint density at radius 2 is 1.48 bits per heavy atom. The molecule has 5 heterocycles. The van der Waals surface area contributed by atoms with Gasteiger partial charge < -0.3 is 30.2 Å². The number of nitrogens with zero attached hydrogens (tertiary/aromatic N) is 5. The van der Waals surface area contributed by atoms with E-state index in [1.807, 2.05) is 89.7 Å². The minimum atomic E-state index is -0.0617. The normalized spacial score (nSPS) is 12.2. The lowest BCUT2D eigenvalue weighted by molar-refractivity contribution is -0.114. The Kier molecular flexibility index (Phi) is 8.53. The Hall–Kier alpha value is -6.60. The molecule has 9 rings (SSSR count). The number of amides is 1. The molecule has 0 saturated heterocycles. The van der Waals surface area contributed by atoms with E-state index in [-0.39, 0.29) is 12.5 Å². The molecule has 14 heteroatoms. The molecule has 0 spiro atoms. The second kappa shape index (κ2) is 13.6. The number of halogens is 1. The summed E-state index contributed by atoms with van der Waals surface area (Å²) >= 11 is 6.33. The van der Waals surface area contributed by atoms with Crippen molar-refractivity contribution in [1.82, 2.24) is 29.9 Å². The molecule has 0 aliphatic carbocycles. The highest BCUT2D eigenvalue weighted by atomic mass is 35.5. The zero-order chi connectivity index (χ0) is 35.8. The van der Waals surface area contributed by atoms with Gasteiger partial charge in [0.15, 0.2) is 11.0 Å². The van der Waals surface area contributed by atoms with Gasteiger partial charge in [-0.1, -0.05) is 23.7 Å². The number of pyridine rings is 2. The van der Waals surface area contributed by atoms with Gasteiger partial charge in [-0.15, -0.1) is 0 Å². The van der Waals surface area contributed by atoms with Crippen molar-refractivity contribution in [2.24, 2.45) is 0 Å². The Labute approximate surface area is 301 Å². The number of carbonyl (C=O) groups excluding carboxylic acids is 1. The van der Waals surface area contributed by atoms with Gasteiger partial charge in [0, 0.05) is 33.4 Å². The number of carbonyl (C=O) groups is 1. The third-order valence-corrected chi connectivity index (χ3v) is 9.03. The average molecular weight is 714 g/mol. The van der Waals surface area contributed by atoms with Gasteiger partial charge in [0.2, 0.25) is 5.91 Å². The smallest absolute Gasteiger partial charge is 0.243 e. The summed E-state index contributed by atoms with van der Waals surface area (Å²) in [4.78, 5) is 20.8. The number of nitrogens with one attached hydrogen (secondary N) is 4. The summed E-state index contributed by atoms with van der Waals surface area (Å²) in [6, 6.07) is 25.1. The predicted octanol–water partition coefficient (Wildman–Crippen LogP) is 7.53. The van der Waals surface area contributed by atoms with E-state index < -0.39 is 0 Å². The second-order valence-electron chi connectivity index (χ2n) is 12.0. The molecular formula is C38H32ClN9O4. The van der Waals surface area contributed by atoms with E-state index in [0.29, 0.717) is 23.0 Å². The van der Waals surface area contributed by atoms with E-state index in [2.05, 4.69) is 36.2 Å². The lowest BCUT2D eigenvalue weighted by Gasteiger charge is -2.19. The van der Waals surface area contributed by atoms with Gasteiger partial charge >= 0.3 is 0 Å². The van der Waals surface area contributed by atoms with Crippen LogP contribution in [0.2, 0.25) is 5.15 Å². The Morgan fingerprint density at radius 3 is 2.21 bits per heavy atom. The molecule has 0 saturated carbocycles. The molecule has 0 fully saturated rings. The quantitative estimate of drug-likeness (QED) is 0.122. The first-order valence-electron chi connectivity index (χ1n) is 16.3. The van der Waals surface area contributed by atoms with Gasteiger partial charge in [0.05, 0.1) is 63.0 Å². The van der Waals surface area contributed by atoms with Crippen LogP contribution >= 0.6 is 11.6 Å². The van der Waals surface area contributed by atoms with Crippen molar-refractivity contribution in [3.8, 4) is 17.2 Å². The minimum absolute atomic E-state index is 0.0617. The van der Waals surface area contributed by atoms with E-state index >= 15 is 0 Å². The summed E-state index contributed by atoms with van der Waals surface area (Å²) < 4.78 is 17.7. The molecule has 4 aromatic heterocycles. The largest absolute Gasteiger partial charge is 0.497 e. The minimum Gasteiger partial charge on any atom is -0.497 e. The van der Waals surface area contributed by atoms with Crippen LogP contribution in [0.1, 0.15) is 5.56 Å². The highest BCUT2D eigenvalue weighted by Crippen LogP contribution is 2.34. The number of aromatic nitrogens is 6. The molecular weight excluding hydrogens is 682 g/mol. The van der Waals surface area contributed by atoms with E-state index in [9.17, 15) is 4.79 Å². The van der Waals surface area contributed by atoms with Crippen LogP contribution in [0.5, 0.6) is 17.2 Å². The topological polar surface area (TPSA) is 153 Å². The second-order valence-corrected chi connectivity index (χ2v) is 12.4. The molecule has 4 N–H and O–H groups in total. The monoisotopic (exact) mass is 713 g/mol. The van der Waals surface area contributed by atoms with E-state index in [0.717, 1.165) is 78.0 Å². The molecule has 13 nitrogen and oxygen atoms in total. The first kappa shape index (κ1) is 32.6. The summed E-state index contributed by atoms with van der Waals surface area (Å²) in [5.41, 5.74) is 6.72. The zero-order valence-electron chi connectivity index (χ0n) is 28.3. The van der Waals surface area contributed by atoms with E-state index in [1.165, 1.54) is 0 Å². The van der Waals surface area contributed by atoms with E-state index in [4.69, 9.17) is 30.8 Å². The Morgan fingerprint density at radius 1 is 0.788 bits per heavy atom. The Bertz CT molecular complexity index is 2620. The number of aromatic amines is 1. The van der Waals surface area contributed by atoms with Gasteiger partial charge in [-0.2, -0.15) is 10.2 Å². The van der Waals surface area contributed by atoms with Gasteiger partial charge in [0.25, 0.3) is 0 Å². The fourth-order valence-corrected chi connectivity index (χ4v) is 6.39. The van der Waals surface area contributed by atoms with Crippen LogP contribution in [0.15, 0.2) is 91.3 Å². The van der Waals surface area contributed by atoms with Crippen molar-refractivity contribution in [3.63, 3.8) is 0 Å². The molecule has 1 aliphatic rings. The number of anilines is 4. The zero-order valence-corrected chi connectivity index (χ0v) is 29.1. The summed E-state index contributed by atoms with van der Waals surface area (Å²) in [6.07, 6.45) is 3.77. The maximum Gasteiger partial charge on any atom is 0.243 e. The van der Waals surface area contributed by atoms with Crippen LogP contribution in [0.25, 0.3) is 43.6 Å². The molecule has 0 bridgehead atoms. The number of fused-ring (bicyclic) bond motifs is 7. The summed E-state index contributed by atoms with van der Waals surface area (Å²) in [5, 5.41) is 25.3. The number of H-pyrrole nitrogens is 1. The van der Waals surface area contributed by atoms with Crippen LogP contribution in [-0.2, 0) is 11.3 Å². The van der Waals surface area contributed by atoms with Crippen LogP contribution in [0.4, 0.5) is 22.9 Å². The van der Waals surface area contributed by atoms with Crippen molar-refractivity contribution >= 4 is 84.0 Å². The number of rotatable bonds is 7. The van der Waals surface area contributed by atoms with Crippen LogP contribution in [-0.4, -0.2) is 63.7 Å². The molecule has 1 aliphatic heterocycles. The molecule has 4 aromatic carbocycles. The lowest BCUT2D eigenvalue weighted by atomic mass is 10.1. The summed E-state index contributed by atoms with van der Waals surface area (Å²) in [6.45, 7) is 0.921. The third kappa shape index (κ3) is 6.29. The number of hydrogen-bond acceptors (Lipinski definition) is 10. The standard InChI is InChI=1S/C19H16ClN3O2.C19H16N6O2/c1-24-13-5-3-12(4-6-13)10-23-11-16-15-9-14(25-2)7-8-17(15)21-19(20)18(16)22-23;1-27-11-3-5-14-12(7-11)13-8-21-25-18(13)19(24-14)22-10-2-4-15-16(6-10)23-17(26)9-20-15/h3-9,11H,10H2,1-2H3;2-8,20H,9H2,1H3,(H,21,25)(H,22,24)(H,23,26). The third-order valence-electron chi connectivity index (χ3n) is 8.77. The maximum absolute atomic E-state index is 11.6. The van der Waals surface area contributed by atoms with Gasteiger partial charge in [-0.25, -0.2) is 9.97 Å². The van der Waals surface area contributed by atoms with Crippen LogP contribution in [0.3, 0.4) is 0 Å². The molecule has 8 aromatic rings. The molecule has 260 valence electrons. The summed E-state index contributed by atoms with van der Waals surface area (Å²) in [7, 11) is 4.94. The number of benzene rings is 4. The highest BCUT2D eigenvalue weighted by molar-refractivity contribution is 6.35. The fraction of sp³-hybridized carbons (Fsp3) is 0.132. The Balaban J connectivity index is 0.000000149. The maximum atomic E-state index is 11.6. The van der Waals surface area contributed by atoms with Gasteiger partial charge in [0.1, 0.15) is 28.3 Å². The molecule has 52 heavy (non-hydrogen) atoms. The molecule has 1 amide bonds. The summed E-state index contributed by atoms with van der Waals surface area (Å²) in [5.74, 6) is 2.98. The van der Waals surface area contributed by atoms with Gasteiger partial charge in [-0.3, -0.25) is 14.6 Å². The molecule has 0 radical (unpaired) electrons. The molecule has 0 atom stereocenters. The van der Waals surface area contributed by atoms with E-state index in [1.54, 1.807) is 27.5 Å². The van der Waals surface area contributed by atoms with Crippen molar-refractivity contribution in [3.05, 3.63) is 102 Å². The number of ether oxygens (including phenoxy) is 3. The lowest BCUT2D eigenvalue weighted by Crippen LogP contribution is -2.27. The van der Waals surface area contributed by atoms with Gasteiger partial charge in [-0.05, 0) is 72.3 Å². The highest BCUT2D eigenvalue weighted by Gasteiger charge is 2.16. The van der Waals surface area contributed by atoms with Crippen molar-refractivity contribution in [2.75, 3.05) is 43.8 Å². The first-order valence-corrected chi connectivity index (χ1v) is 16.7. The predicted molar refractivity (Wildman–Crippen MR) is 203 cm³/mol. The first-order chi connectivity index (χ1) is 25.4. The van der Waals surface area contributed by atoms with Crippen molar-refractivity contribution in [2.45, 2.75) is 6.54 Å². The number of hydrogen-bond donors (Lipinski definition) is 4. The fourth-order valence-electron chi connectivity index (χ4n) is 6.16. The number of methoxy groups -OCH3 is 3. The van der Waals surface area contributed by atoms with Crippen molar-refractivity contribution < 1.29 is 19.0 Å². The average Bonchev–Trinajstić information content (AvgIpc) is 3.84. The van der Waals surface area contributed by atoms with Crippen molar-refractivity contribution in [1.29, 1.82) is 0 Å².